The summed E-state index contributed by atoms with van der Waals surface area (Å²) in [4.78, 5) is 4.25. The Morgan fingerprint density at radius 2 is 1.77 bits per heavy atom. The van der Waals surface area contributed by atoms with E-state index >= 15 is 0 Å². The molecule has 2 atom stereocenters. The van der Waals surface area contributed by atoms with E-state index in [1.54, 1.807) is 73.8 Å². The normalized spacial score (nSPS) is 15.6. The Morgan fingerprint density at radius 1 is 1.11 bits per heavy atom. The van der Waals surface area contributed by atoms with Gasteiger partial charge in [0.25, 0.3) is 0 Å². The van der Waals surface area contributed by atoms with Gasteiger partial charge in [-0.15, -0.1) is 0 Å². The summed E-state index contributed by atoms with van der Waals surface area (Å²) in [5, 5.41) is 16.1. The zero-order valence-corrected chi connectivity index (χ0v) is 27.6. The van der Waals surface area contributed by atoms with Crippen molar-refractivity contribution in [2.24, 2.45) is 0 Å². The zero-order valence-electron chi connectivity index (χ0n) is 26.8. The lowest BCUT2D eigenvalue weighted by atomic mass is 9.97. The molecule has 4 aromatic rings. The lowest BCUT2D eigenvalue weighted by Crippen LogP contribution is -2.12. The number of rotatable bonds is 10. The van der Waals surface area contributed by atoms with Crippen LogP contribution in [0.4, 0.5) is 39.1 Å². The number of nitrogens with zero attached hydrogens (tertiary/aromatic N) is 3. The molecule has 1 saturated carbocycles. The summed E-state index contributed by atoms with van der Waals surface area (Å²) in [5.74, 6) is -5.31. The van der Waals surface area contributed by atoms with Crippen molar-refractivity contribution in [3.63, 3.8) is 0 Å². The Kier molecular flexibility index (Phi) is 13.6. The number of methoxy groups -OCH3 is 1. The standard InChI is InChI=1S/C22H23F4N7S.C9H11FO.C2H6/c1-29-19-16(13-9-31-33(11-13)15-6-7-22(25,26)8-15)10-30-20(28)17(19)18(27)12-2-4-14(5-3-12)32-34-21(23)24;1-7(11-2)8-3-5-9(10)6-4-8;1-2/h2-5,9-11,15,21,27,32H,6-8H2,1H3,(H3,28,29,30);3-7H,1-2H3;1-2H3. The van der Waals surface area contributed by atoms with E-state index in [-0.39, 0.29) is 54.3 Å². The van der Waals surface area contributed by atoms with Gasteiger partial charge in [-0.1, -0.05) is 38.1 Å². The fourth-order valence-corrected chi connectivity index (χ4v) is 5.28. The van der Waals surface area contributed by atoms with Crippen LogP contribution in [0, 0.1) is 11.2 Å². The number of pyridine rings is 1. The molecule has 254 valence electrons. The van der Waals surface area contributed by atoms with Gasteiger partial charge in [0, 0.05) is 73.7 Å². The van der Waals surface area contributed by atoms with Gasteiger partial charge < -0.3 is 20.5 Å². The van der Waals surface area contributed by atoms with Crippen molar-refractivity contribution in [1.82, 2.24) is 14.8 Å². The molecule has 8 nitrogen and oxygen atoms in total. The molecule has 47 heavy (non-hydrogen) atoms. The molecule has 14 heteroatoms. The molecule has 1 fully saturated rings. The molecule has 2 aromatic heterocycles. The minimum absolute atomic E-state index is 0.0376. The van der Waals surface area contributed by atoms with E-state index in [2.05, 4.69) is 20.1 Å². The quantitative estimate of drug-likeness (QED) is 0.0752. The van der Waals surface area contributed by atoms with Gasteiger partial charge in [0.05, 0.1) is 35.3 Å². The van der Waals surface area contributed by atoms with Crippen LogP contribution in [0.15, 0.2) is 67.1 Å². The maximum atomic E-state index is 13.6. The number of aromatic nitrogens is 3. The van der Waals surface area contributed by atoms with Crippen molar-refractivity contribution < 1.29 is 26.7 Å². The fraction of sp³-hybridized carbons (Fsp3) is 0.364. The average Bonchev–Trinajstić information content (AvgIpc) is 3.71. The van der Waals surface area contributed by atoms with E-state index in [1.807, 2.05) is 20.8 Å². The SMILES string of the molecule is CC.CNc1c(-c2cnn(C3CCC(F)(F)C3)c2)cnc(N)c1C(=N)c1ccc(NSC(F)F)cc1.COC(C)c1ccc(F)cc1. The van der Waals surface area contributed by atoms with Crippen molar-refractivity contribution in [3.05, 3.63) is 89.6 Å². The summed E-state index contributed by atoms with van der Waals surface area (Å²) >= 11 is 0.287. The lowest BCUT2D eigenvalue weighted by Gasteiger charge is -2.17. The van der Waals surface area contributed by atoms with E-state index in [0.717, 1.165) is 5.56 Å². The zero-order chi connectivity index (χ0) is 34.7. The maximum absolute atomic E-state index is 13.6. The summed E-state index contributed by atoms with van der Waals surface area (Å²) < 4.78 is 73.6. The van der Waals surface area contributed by atoms with Crippen LogP contribution in [0.5, 0.6) is 0 Å². The van der Waals surface area contributed by atoms with Crippen LogP contribution in [0.1, 0.15) is 68.9 Å². The fourth-order valence-electron chi connectivity index (χ4n) is 4.92. The molecule has 5 rings (SSSR count). The first-order valence-electron chi connectivity index (χ1n) is 15.0. The Labute approximate surface area is 276 Å². The first-order chi connectivity index (χ1) is 22.4. The second-order valence-corrected chi connectivity index (χ2v) is 11.2. The highest BCUT2D eigenvalue weighted by molar-refractivity contribution is 8.00. The highest BCUT2D eigenvalue weighted by atomic mass is 32.2. The molecule has 0 amide bonds. The smallest absolute Gasteiger partial charge is 0.302 e. The highest BCUT2D eigenvalue weighted by Crippen LogP contribution is 2.42. The number of hydrogen-bond acceptors (Lipinski definition) is 8. The van der Waals surface area contributed by atoms with Crippen molar-refractivity contribution in [3.8, 4) is 11.1 Å². The number of nitrogens with one attached hydrogen (secondary N) is 3. The predicted octanol–water partition coefficient (Wildman–Crippen LogP) is 9.19. The molecular formula is C33H40F5N7OS. The van der Waals surface area contributed by atoms with Crippen LogP contribution < -0.4 is 15.8 Å². The van der Waals surface area contributed by atoms with E-state index < -0.39 is 11.7 Å². The van der Waals surface area contributed by atoms with Crippen LogP contribution in [0.2, 0.25) is 0 Å². The number of nitrogens with two attached hydrogens (primary N) is 1. The molecular weight excluding hydrogens is 637 g/mol. The van der Waals surface area contributed by atoms with Gasteiger partial charge in [-0.05, 0) is 43.2 Å². The summed E-state index contributed by atoms with van der Waals surface area (Å²) in [6.07, 6.45) is 4.82. The maximum Gasteiger partial charge on any atom is 0.302 e. The molecule has 0 saturated heterocycles. The average molecular weight is 678 g/mol. The van der Waals surface area contributed by atoms with Crippen molar-refractivity contribution >= 4 is 34.9 Å². The highest BCUT2D eigenvalue weighted by Gasteiger charge is 2.40. The predicted molar refractivity (Wildman–Crippen MR) is 180 cm³/mol. The number of hydrogen-bond donors (Lipinski definition) is 4. The molecule has 0 bridgehead atoms. The third kappa shape index (κ3) is 9.91. The van der Waals surface area contributed by atoms with Crippen LogP contribution in [-0.2, 0) is 4.74 Å². The summed E-state index contributed by atoms with van der Waals surface area (Å²) in [6, 6.07) is 12.4. The van der Waals surface area contributed by atoms with Gasteiger partial charge in [0.2, 0.25) is 5.92 Å². The van der Waals surface area contributed by atoms with E-state index in [9.17, 15) is 22.0 Å². The minimum Gasteiger partial charge on any atom is -0.387 e. The van der Waals surface area contributed by atoms with Crippen LogP contribution in [0.3, 0.4) is 0 Å². The second-order valence-electron chi connectivity index (χ2n) is 10.4. The van der Waals surface area contributed by atoms with Gasteiger partial charge in [-0.2, -0.15) is 13.9 Å². The summed E-state index contributed by atoms with van der Waals surface area (Å²) in [5.41, 5.74) is 10.4. The topological polar surface area (TPSA) is 114 Å². The Bertz CT molecular complexity index is 1580. The number of halogens is 5. The van der Waals surface area contributed by atoms with Crippen LogP contribution >= 0.6 is 11.9 Å². The van der Waals surface area contributed by atoms with Crippen molar-refractivity contribution in [2.45, 2.75) is 63.9 Å². The monoisotopic (exact) mass is 677 g/mol. The summed E-state index contributed by atoms with van der Waals surface area (Å²) in [7, 11) is 3.32. The van der Waals surface area contributed by atoms with E-state index in [4.69, 9.17) is 15.9 Å². The number of alkyl halides is 4. The first kappa shape index (κ1) is 37.3. The Hall–Kier alpha value is -4.17. The molecule has 2 heterocycles. The van der Waals surface area contributed by atoms with Crippen molar-refractivity contribution in [2.75, 3.05) is 29.9 Å². The van der Waals surface area contributed by atoms with E-state index in [1.165, 1.54) is 12.1 Å². The third-order valence-corrected chi connectivity index (χ3v) is 7.94. The largest absolute Gasteiger partial charge is 0.387 e. The molecule has 0 spiro atoms. The molecule has 0 aliphatic heterocycles. The van der Waals surface area contributed by atoms with Gasteiger partial charge in [-0.25, -0.2) is 18.2 Å². The number of nitrogen functional groups attached to an aromatic ring is 1. The van der Waals surface area contributed by atoms with Crippen molar-refractivity contribution in [1.29, 1.82) is 5.41 Å². The van der Waals surface area contributed by atoms with E-state index in [0.29, 0.717) is 40.0 Å². The van der Waals surface area contributed by atoms with Gasteiger partial charge in [0.15, 0.2) is 0 Å². The van der Waals surface area contributed by atoms with Gasteiger partial charge >= 0.3 is 5.76 Å². The second kappa shape index (κ2) is 17.1. The lowest BCUT2D eigenvalue weighted by molar-refractivity contribution is 0.00518. The molecule has 1 aliphatic carbocycles. The Balaban J connectivity index is 0.000000389. The molecule has 1 aliphatic rings. The molecule has 5 N–H and O–H groups in total. The van der Waals surface area contributed by atoms with Gasteiger partial charge in [-0.3, -0.25) is 10.1 Å². The Morgan fingerprint density at radius 3 is 2.32 bits per heavy atom. The minimum atomic E-state index is -2.68. The number of benzene rings is 2. The third-order valence-electron chi connectivity index (χ3n) is 7.40. The molecule has 0 radical (unpaired) electrons. The first-order valence-corrected chi connectivity index (χ1v) is 15.9. The number of ether oxygens (including phenoxy) is 1. The summed E-state index contributed by atoms with van der Waals surface area (Å²) in [6.45, 7) is 5.92. The van der Waals surface area contributed by atoms with Crippen LogP contribution in [0.25, 0.3) is 11.1 Å². The molecule has 2 unspecified atom stereocenters. The molecule has 2 aromatic carbocycles. The number of anilines is 3. The van der Waals surface area contributed by atoms with Gasteiger partial charge in [0.1, 0.15) is 11.6 Å². The van der Waals surface area contributed by atoms with Crippen LogP contribution in [-0.4, -0.2) is 46.3 Å².